The summed E-state index contributed by atoms with van der Waals surface area (Å²) in [7, 11) is 1.21. The number of rotatable bonds is 14. The molecule has 0 aliphatic carbocycles. The lowest BCUT2D eigenvalue weighted by atomic mass is 9.77. The number of nitro groups is 1. The van der Waals surface area contributed by atoms with E-state index >= 15 is 0 Å². The predicted octanol–water partition coefficient (Wildman–Crippen LogP) is 8.54. The van der Waals surface area contributed by atoms with Gasteiger partial charge in [-0.3, -0.25) is 14.9 Å². The number of benzene rings is 6. The Morgan fingerprint density at radius 3 is 1.83 bits per heavy atom. The van der Waals surface area contributed by atoms with E-state index in [2.05, 4.69) is 5.32 Å². The molecule has 59 heavy (non-hydrogen) atoms. The quantitative estimate of drug-likeness (QED) is 0.0657. The average Bonchev–Trinajstić information content (AvgIpc) is 3.58. The molecular weight excluding hydrogens is 775 g/mol. The third-order valence-corrected chi connectivity index (χ3v) is 11.9. The number of nitrogens with one attached hydrogen (secondary N) is 1. The van der Waals surface area contributed by atoms with Crippen LogP contribution in [0.15, 0.2) is 155 Å². The van der Waals surface area contributed by atoms with Gasteiger partial charge in [-0.1, -0.05) is 91.0 Å². The lowest BCUT2D eigenvalue weighted by molar-refractivity contribution is -0.385. The summed E-state index contributed by atoms with van der Waals surface area (Å²) >= 11 is 0. The normalized spacial score (nSPS) is 11.8. The van der Waals surface area contributed by atoms with Gasteiger partial charge in [-0.2, -0.15) is 5.10 Å². The lowest BCUT2D eigenvalue weighted by Crippen LogP contribution is -2.38. The molecule has 1 N–H and O–H groups in total. The topological polar surface area (TPSA) is 131 Å². The van der Waals surface area contributed by atoms with E-state index in [1.807, 2.05) is 122 Å². The highest BCUT2D eigenvalue weighted by Crippen LogP contribution is 2.44. The summed E-state index contributed by atoms with van der Waals surface area (Å²) in [6, 6.07) is 39.0. The van der Waals surface area contributed by atoms with E-state index in [0.717, 1.165) is 41.8 Å². The molecule has 11 nitrogen and oxygen atoms in total. The molecule has 0 saturated carbocycles. The molecule has 0 radical (unpaired) electrons. The second-order valence-corrected chi connectivity index (χ2v) is 16.3. The molecule has 0 spiro atoms. The van der Waals surface area contributed by atoms with E-state index in [0.29, 0.717) is 23.8 Å². The summed E-state index contributed by atoms with van der Waals surface area (Å²) in [6.45, 7) is 1.43. The van der Waals surface area contributed by atoms with Crippen LogP contribution in [0, 0.1) is 21.7 Å². The summed E-state index contributed by atoms with van der Waals surface area (Å²) < 4.78 is 58.3. The fourth-order valence-electron chi connectivity index (χ4n) is 7.37. The molecule has 0 atom stereocenters. The van der Waals surface area contributed by atoms with E-state index in [9.17, 15) is 32.1 Å². The Balaban J connectivity index is 1.45. The molecule has 300 valence electrons. The first kappa shape index (κ1) is 40.4. The van der Waals surface area contributed by atoms with Crippen molar-refractivity contribution in [2.75, 3.05) is 44.4 Å². The van der Waals surface area contributed by atoms with Gasteiger partial charge in [0.2, 0.25) is 9.84 Å². The second-order valence-electron chi connectivity index (χ2n) is 14.3. The Morgan fingerprint density at radius 2 is 1.31 bits per heavy atom. The van der Waals surface area contributed by atoms with Crippen LogP contribution < -0.4 is 10.2 Å². The van der Waals surface area contributed by atoms with Crippen molar-refractivity contribution in [3.05, 3.63) is 190 Å². The summed E-state index contributed by atoms with van der Waals surface area (Å²) in [4.78, 5) is 29.1. The van der Waals surface area contributed by atoms with Crippen LogP contribution in [0.4, 0.5) is 26.0 Å². The number of aromatic nitrogens is 2. The summed E-state index contributed by atoms with van der Waals surface area (Å²) in [6.07, 6.45) is 0.803. The van der Waals surface area contributed by atoms with E-state index in [1.165, 1.54) is 30.3 Å². The fraction of sp³-hybridized carbons (Fsp3) is 0.156. The standard InChI is InChI=1S/C45H40F2N6O5S/c1-50(2)24-13-25-51(3)36-20-22-39(42(29-36)53(55)56)44(54)48-43-40-30-37(59(57,58)38-27-34(46)26-35(47)28-38)21-23-41(40)52(49-43)45(31-14-7-4-8-15-31,32-16-9-5-10-17-32)33-18-11-6-12-19-33/h4-12,14-23,26-30H,13,24-25H2,1-3H3,(H,48,49,54). The molecule has 1 heterocycles. The molecule has 0 fully saturated rings. The van der Waals surface area contributed by atoms with Crippen LogP contribution in [-0.2, 0) is 15.4 Å². The molecule has 0 aliphatic rings. The predicted molar refractivity (Wildman–Crippen MR) is 224 cm³/mol. The number of hydrogen-bond acceptors (Lipinski definition) is 8. The van der Waals surface area contributed by atoms with Crippen LogP contribution in [0.1, 0.15) is 33.5 Å². The Kier molecular flexibility index (Phi) is 11.4. The number of amides is 1. The highest BCUT2D eigenvalue weighted by Gasteiger charge is 2.41. The molecule has 0 unspecified atom stereocenters. The van der Waals surface area contributed by atoms with Crippen molar-refractivity contribution in [3.8, 4) is 0 Å². The fourth-order valence-corrected chi connectivity index (χ4v) is 8.69. The number of carbonyl (C=O) groups excluding carboxylic acids is 1. The van der Waals surface area contributed by atoms with Gasteiger partial charge < -0.3 is 15.1 Å². The Morgan fingerprint density at radius 1 is 0.746 bits per heavy atom. The van der Waals surface area contributed by atoms with Gasteiger partial charge in [0.25, 0.3) is 11.6 Å². The van der Waals surface area contributed by atoms with Crippen molar-refractivity contribution in [1.82, 2.24) is 14.7 Å². The smallest absolute Gasteiger partial charge is 0.284 e. The van der Waals surface area contributed by atoms with Gasteiger partial charge in [0.05, 0.1) is 20.2 Å². The van der Waals surface area contributed by atoms with Gasteiger partial charge in [-0.15, -0.1) is 0 Å². The SMILES string of the molecule is CN(C)CCCN(C)c1ccc(C(=O)Nc2nn(C(c3ccccc3)(c3ccccc3)c3ccccc3)c3ccc(S(=O)(=O)c4cc(F)cc(F)c4)cc23)c([N+](=O)[O-])c1. The van der Waals surface area contributed by atoms with E-state index in [1.54, 1.807) is 10.7 Å². The second kappa shape index (κ2) is 16.6. The first-order chi connectivity index (χ1) is 28.3. The Labute approximate surface area is 340 Å². The molecule has 7 rings (SSSR count). The van der Waals surface area contributed by atoms with Crippen LogP contribution in [-0.4, -0.2) is 68.2 Å². The Hall–Kier alpha value is -6.77. The van der Waals surface area contributed by atoms with Crippen molar-refractivity contribution < 1.29 is 26.9 Å². The van der Waals surface area contributed by atoms with E-state index in [4.69, 9.17) is 5.10 Å². The largest absolute Gasteiger partial charge is 0.374 e. The third kappa shape index (κ3) is 7.92. The zero-order valence-electron chi connectivity index (χ0n) is 32.4. The highest BCUT2D eigenvalue weighted by atomic mass is 32.2. The number of sulfone groups is 1. The monoisotopic (exact) mass is 814 g/mol. The van der Waals surface area contributed by atoms with Gasteiger partial charge in [0.1, 0.15) is 22.7 Å². The van der Waals surface area contributed by atoms with Gasteiger partial charge in [0, 0.05) is 36.8 Å². The van der Waals surface area contributed by atoms with Gasteiger partial charge in [-0.05, 0) is 86.2 Å². The minimum absolute atomic E-state index is 0.112. The van der Waals surface area contributed by atoms with Crippen molar-refractivity contribution in [2.45, 2.75) is 21.8 Å². The number of fused-ring (bicyclic) bond motifs is 1. The van der Waals surface area contributed by atoms with Crippen LogP contribution in [0.2, 0.25) is 0 Å². The molecule has 7 aromatic rings. The minimum Gasteiger partial charge on any atom is -0.374 e. The third-order valence-electron chi connectivity index (χ3n) is 10.2. The average molecular weight is 815 g/mol. The van der Waals surface area contributed by atoms with Crippen molar-refractivity contribution in [2.24, 2.45) is 0 Å². The number of hydrogen-bond donors (Lipinski definition) is 1. The van der Waals surface area contributed by atoms with Gasteiger partial charge >= 0.3 is 0 Å². The number of halogens is 2. The maximum atomic E-state index is 14.3. The zero-order valence-corrected chi connectivity index (χ0v) is 33.2. The number of carbonyl (C=O) groups is 1. The molecule has 6 aromatic carbocycles. The Bertz CT molecular complexity index is 2650. The summed E-state index contributed by atoms with van der Waals surface area (Å²) in [5, 5.41) is 20.4. The van der Waals surface area contributed by atoms with Crippen molar-refractivity contribution >= 4 is 43.8 Å². The number of nitro benzene ring substituents is 1. The van der Waals surface area contributed by atoms with Gasteiger partial charge in [0.15, 0.2) is 5.82 Å². The maximum Gasteiger partial charge on any atom is 0.284 e. The van der Waals surface area contributed by atoms with Crippen molar-refractivity contribution in [1.29, 1.82) is 0 Å². The van der Waals surface area contributed by atoms with E-state index < -0.39 is 48.4 Å². The maximum absolute atomic E-state index is 14.3. The van der Waals surface area contributed by atoms with Crippen LogP contribution in [0.25, 0.3) is 10.9 Å². The van der Waals surface area contributed by atoms with Crippen LogP contribution in [0.3, 0.4) is 0 Å². The molecule has 1 amide bonds. The first-order valence-electron chi connectivity index (χ1n) is 18.7. The molecule has 1 aromatic heterocycles. The minimum atomic E-state index is -4.52. The number of anilines is 2. The zero-order chi connectivity index (χ0) is 41.9. The molecular formula is C45H40F2N6O5S. The summed E-state index contributed by atoms with van der Waals surface area (Å²) in [5.41, 5.74) is 1.30. The highest BCUT2D eigenvalue weighted by molar-refractivity contribution is 7.91. The summed E-state index contributed by atoms with van der Waals surface area (Å²) in [5.74, 6) is -3.12. The molecule has 0 aliphatic heterocycles. The van der Waals surface area contributed by atoms with Crippen LogP contribution in [0.5, 0.6) is 0 Å². The molecule has 0 bridgehead atoms. The van der Waals surface area contributed by atoms with E-state index in [-0.39, 0.29) is 21.7 Å². The lowest BCUT2D eigenvalue weighted by Gasteiger charge is -2.37. The number of nitrogens with zero attached hydrogens (tertiary/aromatic N) is 5. The molecule has 0 saturated heterocycles. The first-order valence-corrected chi connectivity index (χ1v) is 20.2. The van der Waals surface area contributed by atoms with Crippen LogP contribution >= 0.6 is 0 Å². The van der Waals surface area contributed by atoms with Crippen molar-refractivity contribution in [3.63, 3.8) is 0 Å². The molecule has 14 heteroatoms. The van der Waals surface area contributed by atoms with Gasteiger partial charge in [-0.25, -0.2) is 21.9 Å².